The molecule has 0 aliphatic rings. The fourth-order valence-corrected chi connectivity index (χ4v) is 2.29. The molecule has 0 spiro atoms. The molecule has 19 heavy (non-hydrogen) atoms. The van der Waals surface area contributed by atoms with Crippen LogP contribution < -0.4 is 0 Å². The molecule has 0 amide bonds. The summed E-state index contributed by atoms with van der Waals surface area (Å²) in [6.07, 6.45) is 17.3. The first kappa shape index (κ1) is 21.4. The van der Waals surface area contributed by atoms with Gasteiger partial charge in [-0.2, -0.15) is 0 Å². The summed E-state index contributed by atoms with van der Waals surface area (Å²) < 4.78 is 0. The van der Waals surface area contributed by atoms with Crippen molar-refractivity contribution < 1.29 is 29.4 Å². The summed E-state index contributed by atoms with van der Waals surface area (Å²) >= 11 is 0. The maximum Gasteiger partial charge on any atom is 0.303 e. The molecule has 0 saturated carbocycles. The van der Waals surface area contributed by atoms with Gasteiger partial charge in [-0.1, -0.05) is 84.0 Å². The van der Waals surface area contributed by atoms with Crippen LogP contribution in [0.5, 0.6) is 0 Å². The molecule has 0 aromatic heterocycles. The average Bonchev–Trinajstić information content (AvgIpc) is 2.34. The molecule has 0 bridgehead atoms. The molecule has 0 radical (unpaired) electrons. The Kier molecular flexibility index (Phi) is 20.4. The molecular formula is C16H32O2Zn. The first-order valence-electron chi connectivity index (χ1n) is 7.99. The van der Waals surface area contributed by atoms with Crippen LogP contribution in [-0.4, -0.2) is 11.1 Å². The van der Waals surface area contributed by atoms with Crippen LogP contribution in [0.3, 0.4) is 0 Å². The fraction of sp³-hybridized carbons (Fsp3) is 0.938. The van der Waals surface area contributed by atoms with Crippen molar-refractivity contribution in [3.63, 3.8) is 0 Å². The molecule has 3 heteroatoms. The fourth-order valence-electron chi connectivity index (χ4n) is 2.29. The van der Waals surface area contributed by atoms with E-state index in [1.165, 1.54) is 70.6 Å². The van der Waals surface area contributed by atoms with E-state index in [0.29, 0.717) is 6.42 Å². The number of hydrogen-bond acceptors (Lipinski definition) is 1. The Hall–Kier alpha value is 0.0934. The summed E-state index contributed by atoms with van der Waals surface area (Å²) in [6, 6.07) is 0. The number of carboxylic acid groups (broad SMARTS) is 1. The third-order valence-corrected chi connectivity index (χ3v) is 3.49. The second-order valence-electron chi connectivity index (χ2n) is 5.39. The molecule has 0 saturated heterocycles. The summed E-state index contributed by atoms with van der Waals surface area (Å²) in [4.78, 5) is 10.3. The van der Waals surface area contributed by atoms with E-state index < -0.39 is 5.97 Å². The minimum Gasteiger partial charge on any atom is -0.481 e. The van der Waals surface area contributed by atoms with Crippen LogP contribution in [0.25, 0.3) is 0 Å². The second kappa shape index (κ2) is 18.1. The van der Waals surface area contributed by atoms with Crippen molar-refractivity contribution in [1.82, 2.24) is 0 Å². The van der Waals surface area contributed by atoms with Crippen molar-refractivity contribution in [1.29, 1.82) is 0 Å². The van der Waals surface area contributed by atoms with Crippen molar-refractivity contribution in [2.24, 2.45) is 0 Å². The van der Waals surface area contributed by atoms with Gasteiger partial charge in [0.15, 0.2) is 0 Å². The minimum atomic E-state index is -0.655. The predicted molar refractivity (Wildman–Crippen MR) is 77.9 cm³/mol. The Labute approximate surface area is 132 Å². The molecule has 0 atom stereocenters. The van der Waals surface area contributed by atoms with E-state index in [1.54, 1.807) is 0 Å². The third kappa shape index (κ3) is 20.6. The zero-order valence-electron chi connectivity index (χ0n) is 13.0. The number of carboxylic acids is 1. The molecule has 0 fully saturated rings. The van der Waals surface area contributed by atoms with Crippen LogP contribution in [0.2, 0.25) is 0 Å². The molecule has 0 aromatic rings. The molecule has 110 valence electrons. The smallest absolute Gasteiger partial charge is 0.303 e. The Morgan fingerprint density at radius 3 is 1.32 bits per heavy atom. The Balaban J connectivity index is 0. The summed E-state index contributed by atoms with van der Waals surface area (Å²) in [7, 11) is 0. The van der Waals surface area contributed by atoms with Crippen molar-refractivity contribution in [2.75, 3.05) is 0 Å². The van der Waals surface area contributed by atoms with Gasteiger partial charge in [-0.25, -0.2) is 0 Å². The molecular weight excluding hydrogens is 290 g/mol. The maximum atomic E-state index is 10.3. The van der Waals surface area contributed by atoms with E-state index in [2.05, 4.69) is 6.92 Å². The topological polar surface area (TPSA) is 37.3 Å². The predicted octanol–water partition coefficient (Wildman–Crippen LogP) is 5.55. The standard InChI is InChI=1S/C16H32O2.Zn/c1-2-3-4-5-6-7-8-9-10-11-12-13-14-15-16(17)18;/h2-15H2,1H3,(H,17,18);. The summed E-state index contributed by atoms with van der Waals surface area (Å²) in [5.41, 5.74) is 0. The van der Waals surface area contributed by atoms with Gasteiger partial charge in [-0.15, -0.1) is 0 Å². The Morgan fingerprint density at radius 1 is 0.684 bits per heavy atom. The molecule has 0 aromatic carbocycles. The van der Waals surface area contributed by atoms with E-state index in [0.717, 1.165) is 12.8 Å². The zero-order chi connectivity index (χ0) is 13.5. The molecule has 0 rings (SSSR count). The molecule has 2 nitrogen and oxygen atoms in total. The van der Waals surface area contributed by atoms with E-state index in [1.807, 2.05) is 0 Å². The van der Waals surface area contributed by atoms with Gasteiger partial charge in [-0.05, 0) is 6.42 Å². The largest absolute Gasteiger partial charge is 0.481 e. The van der Waals surface area contributed by atoms with Gasteiger partial charge in [0.25, 0.3) is 0 Å². The summed E-state index contributed by atoms with van der Waals surface area (Å²) in [6.45, 7) is 2.26. The van der Waals surface area contributed by atoms with E-state index in [-0.39, 0.29) is 19.5 Å². The van der Waals surface area contributed by atoms with E-state index in [4.69, 9.17) is 5.11 Å². The van der Waals surface area contributed by atoms with Crippen LogP contribution >= 0.6 is 0 Å². The molecule has 0 aliphatic heterocycles. The van der Waals surface area contributed by atoms with Crippen molar-refractivity contribution >= 4 is 5.97 Å². The number of rotatable bonds is 14. The molecule has 0 unspecified atom stereocenters. The van der Waals surface area contributed by atoms with Crippen LogP contribution in [0.4, 0.5) is 0 Å². The first-order chi connectivity index (χ1) is 8.77. The van der Waals surface area contributed by atoms with Crippen molar-refractivity contribution in [3.8, 4) is 0 Å². The zero-order valence-corrected chi connectivity index (χ0v) is 15.9. The SMILES string of the molecule is CCCCCCCCCCCCCCCC(=O)O.[Zn]. The summed E-state index contributed by atoms with van der Waals surface area (Å²) in [5.74, 6) is -0.655. The van der Waals surface area contributed by atoms with Crippen LogP contribution in [0.1, 0.15) is 96.8 Å². The van der Waals surface area contributed by atoms with Crippen LogP contribution in [0.15, 0.2) is 0 Å². The van der Waals surface area contributed by atoms with Crippen LogP contribution in [-0.2, 0) is 24.3 Å². The Morgan fingerprint density at radius 2 is 1.00 bits per heavy atom. The molecule has 0 heterocycles. The number of carbonyl (C=O) groups is 1. The quantitative estimate of drug-likeness (QED) is 0.336. The summed E-state index contributed by atoms with van der Waals surface area (Å²) in [5, 5.41) is 8.49. The van der Waals surface area contributed by atoms with Gasteiger partial charge in [0.05, 0.1) is 0 Å². The van der Waals surface area contributed by atoms with Gasteiger partial charge in [0, 0.05) is 25.9 Å². The van der Waals surface area contributed by atoms with Gasteiger partial charge in [0.2, 0.25) is 0 Å². The van der Waals surface area contributed by atoms with Gasteiger partial charge >= 0.3 is 5.97 Å². The molecule has 0 aliphatic carbocycles. The van der Waals surface area contributed by atoms with E-state index in [9.17, 15) is 4.79 Å². The molecule has 1 N–H and O–H groups in total. The van der Waals surface area contributed by atoms with Crippen molar-refractivity contribution in [2.45, 2.75) is 96.8 Å². The number of aliphatic carboxylic acids is 1. The van der Waals surface area contributed by atoms with Gasteiger partial charge in [0.1, 0.15) is 0 Å². The van der Waals surface area contributed by atoms with Gasteiger partial charge in [-0.3, -0.25) is 4.79 Å². The average molecular weight is 322 g/mol. The second-order valence-corrected chi connectivity index (χ2v) is 5.39. The maximum absolute atomic E-state index is 10.3. The number of unbranched alkanes of at least 4 members (excludes halogenated alkanes) is 12. The minimum absolute atomic E-state index is 0. The Bertz CT molecular complexity index is 184. The number of hydrogen-bond donors (Lipinski definition) is 1. The van der Waals surface area contributed by atoms with Crippen molar-refractivity contribution in [3.05, 3.63) is 0 Å². The third-order valence-electron chi connectivity index (χ3n) is 3.49. The first-order valence-corrected chi connectivity index (χ1v) is 7.99. The van der Waals surface area contributed by atoms with Crippen LogP contribution in [0, 0.1) is 0 Å². The monoisotopic (exact) mass is 320 g/mol. The van der Waals surface area contributed by atoms with Gasteiger partial charge < -0.3 is 5.11 Å². The van der Waals surface area contributed by atoms with E-state index >= 15 is 0 Å². The normalized spacial score (nSPS) is 10.2.